The summed E-state index contributed by atoms with van der Waals surface area (Å²) in [7, 11) is 3.89. The molecule has 2 fully saturated rings. The van der Waals surface area contributed by atoms with E-state index in [2.05, 4.69) is 10.2 Å². The van der Waals surface area contributed by atoms with Crippen LogP contribution in [0.1, 0.15) is 29.6 Å². The fourth-order valence-electron chi connectivity index (χ4n) is 3.61. The van der Waals surface area contributed by atoms with E-state index in [0.717, 1.165) is 18.7 Å². The van der Waals surface area contributed by atoms with Crippen LogP contribution in [-0.4, -0.2) is 50.1 Å². The summed E-state index contributed by atoms with van der Waals surface area (Å²) in [5.41, 5.74) is 8.25. The lowest BCUT2D eigenvalue weighted by atomic mass is 10.1. The van der Waals surface area contributed by atoms with Crippen LogP contribution in [0.3, 0.4) is 0 Å². The Morgan fingerprint density at radius 3 is 2.86 bits per heavy atom. The highest BCUT2D eigenvalue weighted by molar-refractivity contribution is 5.96. The van der Waals surface area contributed by atoms with Crippen molar-refractivity contribution in [2.75, 3.05) is 37.8 Å². The van der Waals surface area contributed by atoms with Gasteiger partial charge >= 0.3 is 0 Å². The third kappa shape index (κ3) is 2.70. The Labute approximate surface area is 126 Å². The highest BCUT2D eigenvalue weighted by Gasteiger charge is 2.37. The van der Waals surface area contributed by atoms with E-state index in [0.29, 0.717) is 17.3 Å². The van der Waals surface area contributed by atoms with Gasteiger partial charge in [0.15, 0.2) is 0 Å². The van der Waals surface area contributed by atoms with E-state index in [-0.39, 0.29) is 11.9 Å². The molecule has 0 aromatic heterocycles. The zero-order valence-electron chi connectivity index (χ0n) is 12.8. The predicted octanol–water partition coefficient (Wildman–Crippen LogP) is 1.30. The molecule has 0 spiro atoms. The SMILES string of the molecule is CN(C)c1ccc(C(=O)NC2CCN3CCCC23)cc1N. The van der Waals surface area contributed by atoms with Gasteiger partial charge in [-0.2, -0.15) is 0 Å². The van der Waals surface area contributed by atoms with Crippen LogP contribution in [0.15, 0.2) is 18.2 Å². The molecule has 0 saturated carbocycles. The minimum atomic E-state index is -0.00856. The van der Waals surface area contributed by atoms with Crippen LogP contribution in [0.25, 0.3) is 0 Å². The Morgan fingerprint density at radius 2 is 2.14 bits per heavy atom. The van der Waals surface area contributed by atoms with Gasteiger partial charge in [-0.1, -0.05) is 0 Å². The van der Waals surface area contributed by atoms with Crippen molar-refractivity contribution < 1.29 is 4.79 Å². The number of carbonyl (C=O) groups is 1. The van der Waals surface area contributed by atoms with E-state index in [1.54, 1.807) is 6.07 Å². The Kier molecular flexibility index (Phi) is 3.76. The number of anilines is 2. The fourth-order valence-corrected chi connectivity index (χ4v) is 3.61. The summed E-state index contributed by atoms with van der Waals surface area (Å²) in [4.78, 5) is 16.9. The van der Waals surface area contributed by atoms with E-state index in [9.17, 15) is 4.79 Å². The summed E-state index contributed by atoms with van der Waals surface area (Å²) >= 11 is 0. The maximum Gasteiger partial charge on any atom is 0.251 e. The minimum absolute atomic E-state index is 0.00856. The molecule has 5 nitrogen and oxygen atoms in total. The lowest BCUT2D eigenvalue weighted by molar-refractivity contribution is 0.0929. The number of nitrogen functional groups attached to an aromatic ring is 1. The van der Waals surface area contributed by atoms with Gasteiger partial charge in [-0.05, 0) is 44.0 Å². The molecule has 2 unspecified atom stereocenters. The largest absolute Gasteiger partial charge is 0.397 e. The molecule has 2 aliphatic rings. The molecular weight excluding hydrogens is 264 g/mol. The summed E-state index contributed by atoms with van der Waals surface area (Å²) in [6, 6.07) is 6.34. The van der Waals surface area contributed by atoms with Gasteiger partial charge in [-0.3, -0.25) is 9.69 Å². The molecule has 1 amide bonds. The molecule has 2 atom stereocenters. The van der Waals surface area contributed by atoms with Crippen LogP contribution in [0, 0.1) is 0 Å². The minimum Gasteiger partial charge on any atom is -0.397 e. The zero-order chi connectivity index (χ0) is 15.0. The van der Waals surface area contributed by atoms with Gasteiger partial charge < -0.3 is 16.0 Å². The smallest absolute Gasteiger partial charge is 0.251 e. The van der Waals surface area contributed by atoms with Crippen molar-refractivity contribution in [3.05, 3.63) is 23.8 Å². The molecule has 0 radical (unpaired) electrons. The van der Waals surface area contributed by atoms with Crippen molar-refractivity contribution in [1.29, 1.82) is 0 Å². The molecule has 2 aliphatic heterocycles. The molecule has 3 N–H and O–H groups in total. The number of fused-ring (bicyclic) bond motifs is 1. The highest BCUT2D eigenvalue weighted by Crippen LogP contribution is 2.28. The molecule has 5 heteroatoms. The lowest BCUT2D eigenvalue weighted by Gasteiger charge is -2.21. The Hall–Kier alpha value is -1.75. The van der Waals surface area contributed by atoms with Crippen LogP contribution in [0.2, 0.25) is 0 Å². The first-order chi connectivity index (χ1) is 10.1. The van der Waals surface area contributed by atoms with E-state index >= 15 is 0 Å². The van der Waals surface area contributed by atoms with Crippen molar-refractivity contribution >= 4 is 17.3 Å². The van der Waals surface area contributed by atoms with E-state index < -0.39 is 0 Å². The van der Waals surface area contributed by atoms with Crippen molar-refractivity contribution in [1.82, 2.24) is 10.2 Å². The quantitative estimate of drug-likeness (QED) is 0.823. The van der Waals surface area contributed by atoms with Crippen LogP contribution in [-0.2, 0) is 0 Å². The van der Waals surface area contributed by atoms with Gasteiger partial charge in [-0.25, -0.2) is 0 Å². The topological polar surface area (TPSA) is 61.6 Å². The van der Waals surface area contributed by atoms with Crippen molar-refractivity contribution in [3.63, 3.8) is 0 Å². The number of rotatable bonds is 3. The Bertz CT molecular complexity index is 543. The summed E-state index contributed by atoms with van der Waals surface area (Å²) in [6.07, 6.45) is 3.51. The summed E-state index contributed by atoms with van der Waals surface area (Å²) in [5, 5.41) is 3.19. The first-order valence-corrected chi connectivity index (χ1v) is 7.68. The maximum atomic E-state index is 12.4. The van der Waals surface area contributed by atoms with Gasteiger partial charge in [0.1, 0.15) is 0 Å². The van der Waals surface area contributed by atoms with Crippen molar-refractivity contribution in [3.8, 4) is 0 Å². The number of nitrogens with one attached hydrogen (secondary N) is 1. The molecular formula is C16H24N4O. The van der Waals surface area contributed by atoms with Crippen molar-refractivity contribution in [2.24, 2.45) is 0 Å². The molecule has 2 heterocycles. The first-order valence-electron chi connectivity index (χ1n) is 7.68. The van der Waals surface area contributed by atoms with E-state index in [1.165, 1.54) is 19.4 Å². The first kappa shape index (κ1) is 14.2. The molecule has 2 saturated heterocycles. The number of nitrogens with two attached hydrogens (primary N) is 1. The van der Waals surface area contributed by atoms with Crippen molar-refractivity contribution in [2.45, 2.75) is 31.3 Å². The Morgan fingerprint density at radius 1 is 1.33 bits per heavy atom. The average Bonchev–Trinajstić information content (AvgIpc) is 3.03. The zero-order valence-corrected chi connectivity index (χ0v) is 12.8. The predicted molar refractivity (Wildman–Crippen MR) is 85.6 cm³/mol. The summed E-state index contributed by atoms with van der Waals surface area (Å²) < 4.78 is 0. The fraction of sp³-hybridized carbons (Fsp3) is 0.562. The van der Waals surface area contributed by atoms with E-state index in [4.69, 9.17) is 5.73 Å². The van der Waals surface area contributed by atoms with Gasteiger partial charge in [0, 0.05) is 38.3 Å². The molecule has 1 aromatic carbocycles. The van der Waals surface area contributed by atoms with Crippen LogP contribution < -0.4 is 16.0 Å². The van der Waals surface area contributed by atoms with Gasteiger partial charge in [0.05, 0.1) is 11.4 Å². The normalized spacial score (nSPS) is 24.9. The number of hydrogen-bond donors (Lipinski definition) is 2. The number of hydrogen-bond acceptors (Lipinski definition) is 4. The summed E-state index contributed by atoms with van der Waals surface area (Å²) in [6.45, 7) is 2.29. The maximum absolute atomic E-state index is 12.4. The second kappa shape index (κ2) is 5.56. The molecule has 114 valence electrons. The average molecular weight is 288 g/mol. The van der Waals surface area contributed by atoms with Gasteiger partial charge in [0.2, 0.25) is 0 Å². The van der Waals surface area contributed by atoms with Gasteiger partial charge in [-0.15, -0.1) is 0 Å². The second-order valence-corrected chi connectivity index (χ2v) is 6.28. The molecule has 0 aliphatic carbocycles. The number of nitrogens with zero attached hydrogens (tertiary/aromatic N) is 2. The Balaban J connectivity index is 1.69. The van der Waals surface area contributed by atoms with Gasteiger partial charge in [0.25, 0.3) is 5.91 Å². The third-order valence-corrected chi connectivity index (χ3v) is 4.69. The number of benzene rings is 1. The van der Waals surface area contributed by atoms with Crippen LogP contribution in [0.5, 0.6) is 0 Å². The third-order valence-electron chi connectivity index (χ3n) is 4.69. The van der Waals surface area contributed by atoms with Crippen LogP contribution >= 0.6 is 0 Å². The number of amides is 1. The standard InChI is InChI=1S/C16H24N4O/c1-19(2)14-6-5-11(10-12(14)17)16(21)18-13-7-9-20-8-3-4-15(13)20/h5-6,10,13,15H,3-4,7-9,17H2,1-2H3,(H,18,21). The number of carbonyl (C=O) groups excluding carboxylic acids is 1. The molecule has 0 bridgehead atoms. The highest BCUT2D eigenvalue weighted by atomic mass is 16.1. The summed E-state index contributed by atoms with van der Waals surface area (Å²) in [5.74, 6) is -0.00856. The molecule has 21 heavy (non-hydrogen) atoms. The lowest BCUT2D eigenvalue weighted by Crippen LogP contribution is -2.42. The van der Waals surface area contributed by atoms with Crippen LogP contribution in [0.4, 0.5) is 11.4 Å². The molecule has 1 aromatic rings. The van der Waals surface area contributed by atoms with E-state index in [1.807, 2.05) is 31.1 Å². The monoisotopic (exact) mass is 288 g/mol. The second-order valence-electron chi connectivity index (χ2n) is 6.28. The molecule has 3 rings (SSSR count).